The summed E-state index contributed by atoms with van der Waals surface area (Å²) in [5.41, 5.74) is -1.65. The van der Waals surface area contributed by atoms with E-state index < -0.39 is 40.3 Å². The van der Waals surface area contributed by atoms with E-state index in [9.17, 15) is 26.7 Å². The van der Waals surface area contributed by atoms with Crippen LogP contribution < -0.4 is 5.56 Å². The number of halogens is 5. The topological polar surface area (TPSA) is 37.8 Å². The van der Waals surface area contributed by atoms with Gasteiger partial charge in [-0.15, -0.1) is 0 Å². The number of aromatic nitrogens is 2. The second kappa shape index (κ2) is 5.38. The van der Waals surface area contributed by atoms with Crippen LogP contribution >= 0.6 is 0 Å². The standard InChI is InChI=1S/C15H7F5N2O/c16-10-11(17)13(19)15(14(20)12(10)18)22-9(23)6-8(21-22)7-4-2-1-3-5-7/h1-6,21H. The summed E-state index contributed by atoms with van der Waals surface area (Å²) in [5.74, 6) is -10.7. The molecule has 0 unspecified atom stereocenters. The van der Waals surface area contributed by atoms with Gasteiger partial charge in [0.2, 0.25) is 5.82 Å². The van der Waals surface area contributed by atoms with Crippen LogP contribution in [-0.2, 0) is 0 Å². The number of rotatable bonds is 2. The molecule has 0 aliphatic carbocycles. The van der Waals surface area contributed by atoms with Gasteiger partial charge in [-0.05, 0) is 5.56 Å². The normalized spacial score (nSPS) is 11.0. The summed E-state index contributed by atoms with van der Waals surface area (Å²) in [5, 5.41) is 2.34. The Morgan fingerprint density at radius 2 is 1.30 bits per heavy atom. The van der Waals surface area contributed by atoms with E-state index in [0.29, 0.717) is 5.56 Å². The monoisotopic (exact) mass is 326 g/mol. The third-order valence-electron chi connectivity index (χ3n) is 3.22. The molecule has 0 spiro atoms. The van der Waals surface area contributed by atoms with Crippen LogP contribution in [0.25, 0.3) is 16.9 Å². The lowest BCUT2D eigenvalue weighted by Gasteiger charge is -2.08. The average molecular weight is 326 g/mol. The Hall–Kier alpha value is -2.90. The Balaban J connectivity index is 2.26. The molecule has 0 bridgehead atoms. The SMILES string of the molecule is O=c1cc(-c2ccccc2)[nH]n1-c1c(F)c(F)c(F)c(F)c1F. The van der Waals surface area contributed by atoms with E-state index in [2.05, 4.69) is 5.10 Å². The summed E-state index contributed by atoms with van der Waals surface area (Å²) in [7, 11) is 0. The number of nitrogens with zero attached hydrogens (tertiary/aromatic N) is 1. The van der Waals surface area contributed by atoms with Gasteiger partial charge in [0.1, 0.15) is 5.69 Å². The Bertz CT molecular complexity index is 917. The molecule has 1 heterocycles. The van der Waals surface area contributed by atoms with Gasteiger partial charge >= 0.3 is 0 Å². The van der Waals surface area contributed by atoms with Gasteiger partial charge in [-0.1, -0.05) is 30.3 Å². The summed E-state index contributed by atoms with van der Waals surface area (Å²) < 4.78 is 67.4. The summed E-state index contributed by atoms with van der Waals surface area (Å²) in [4.78, 5) is 11.9. The van der Waals surface area contributed by atoms with Gasteiger partial charge in [-0.2, -0.15) is 0 Å². The predicted molar refractivity (Wildman–Crippen MR) is 71.6 cm³/mol. The number of hydrogen-bond donors (Lipinski definition) is 1. The van der Waals surface area contributed by atoms with Gasteiger partial charge < -0.3 is 0 Å². The summed E-state index contributed by atoms with van der Waals surface area (Å²) in [6, 6.07) is 9.23. The third-order valence-corrected chi connectivity index (χ3v) is 3.22. The maximum atomic E-state index is 13.8. The van der Waals surface area contributed by atoms with Crippen molar-refractivity contribution in [3.8, 4) is 16.9 Å². The van der Waals surface area contributed by atoms with Crippen molar-refractivity contribution < 1.29 is 22.0 Å². The van der Waals surface area contributed by atoms with Crippen LogP contribution in [0.15, 0.2) is 41.2 Å². The molecule has 1 N–H and O–H groups in total. The highest BCUT2D eigenvalue weighted by atomic mass is 19.2. The second-order valence-electron chi connectivity index (χ2n) is 4.63. The molecule has 0 saturated heterocycles. The van der Waals surface area contributed by atoms with Gasteiger partial charge in [0.15, 0.2) is 23.3 Å². The van der Waals surface area contributed by atoms with E-state index in [4.69, 9.17) is 0 Å². The van der Waals surface area contributed by atoms with Crippen LogP contribution in [-0.4, -0.2) is 9.78 Å². The second-order valence-corrected chi connectivity index (χ2v) is 4.63. The van der Waals surface area contributed by atoms with Gasteiger partial charge in [0, 0.05) is 6.07 Å². The van der Waals surface area contributed by atoms with Crippen molar-refractivity contribution in [2.45, 2.75) is 0 Å². The first-order valence-corrected chi connectivity index (χ1v) is 6.31. The molecule has 23 heavy (non-hydrogen) atoms. The van der Waals surface area contributed by atoms with Crippen LogP contribution in [0.4, 0.5) is 22.0 Å². The van der Waals surface area contributed by atoms with Crippen LogP contribution in [0.5, 0.6) is 0 Å². The van der Waals surface area contributed by atoms with Gasteiger partial charge in [-0.3, -0.25) is 9.89 Å². The Morgan fingerprint density at radius 3 is 1.87 bits per heavy atom. The third kappa shape index (κ3) is 2.32. The first kappa shape index (κ1) is 15.0. The minimum Gasteiger partial charge on any atom is -0.290 e. The van der Waals surface area contributed by atoms with Gasteiger partial charge in [0.25, 0.3) is 5.56 Å². The van der Waals surface area contributed by atoms with Crippen LogP contribution in [0.1, 0.15) is 0 Å². The van der Waals surface area contributed by atoms with Crippen molar-refractivity contribution in [3.05, 3.63) is 75.8 Å². The lowest BCUT2D eigenvalue weighted by Crippen LogP contribution is -2.19. The average Bonchev–Trinajstić information content (AvgIpc) is 2.94. The quantitative estimate of drug-likeness (QED) is 0.437. The molecule has 0 atom stereocenters. The fraction of sp³-hybridized carbons (Fsp3) is 0. The zero-order valence-corrected chi connectivity index (χ0v) is 11.2. The molecule has 0 aliphatic rings. The smallest absolute Gasteiger partial charge is 0.272 e. The van der Waals surface area contributed by atoms with E-state index in [1.165, 1.54) is 0 Å². The molecule has 0 aliphatic heterocycles. The summed E-state index contributed by atoms with van der Waals surface area (Å²) >= 11 is 0. The van der Waals surface area contributed by atoms with E-state index in [-0.39, 0.29) is 10.4 Å². The summed E-state index contributed by atoms with van der Waals surface area (Å²) in [6.45, 7) is 0. The minimum atomic E-state index is -2.29. The largest absolute Gasteiger partial charge is 0.290 e. The zero-order chi connectivity index (χ0) is 16.7. The molecular formula is C15H7F5N2O. The molecule has 1 aromatic heterocycles. The fourth-order valence-corrected chi connectivity index (χ4v) is 2.12. The maximum absolute atomic E-state index is 13.8. The van der Waals surface area contributed by atoms with Gasteiger partial charge in [0.05, 0.1) is 5.69 Å². The van der Waals surface area contributed by atoms with Crippen LogP contribution in [0.3, 0.4) is 0 Å². The van der Waals surface area contributed by atoms with E-state index in [1.54, 1.807) is 30.3 Å². The molecule has 0 fully saturated rings. The Labute approximate surface area is 125 Å². The highest BCUT2D eigenvalue weighted by Crippen LogP contribution is 2.25. The highest BCUT2D eigenvalue weighted by molar-refractivity contribution is 5.58. The fourth-order valence-electron chi connectivity index (χ4n) is 2.12. The van der Waals surface area contributed by atoms with Crippen LogP contribution in [0.2, 0.25) is 0 Å². The zero-order valence-electron chi connectivity index (χ0n) is 11.2. The molecule has 3 rings (SSSR count). The highest BCUT2D eigenvalue weighted by Gasteiger charge is 2.28. The Morgan fingerprint density at radius 1 is 0.783 bits per heavy atom. The number of nitrogens with one attached hydrogen (secondary N) is 1. The first-order valence-electron chi connectivity index (χ1n) is 6.31. The molecule has 8 heteroatoms. The van der Waals surface area contributed by atoms with Crippen molar-refractivity contribution in [2.75, 3.05) is 0 Å². The molecule has 0 amide bonds. The van der Waals surface area contributed by atoms with E-state index >= 15 is 0 Å². The van der Waals surface area contributed by atoms with Crippen molar-refractivity contribution in [1.29, 1.82) is 0 Å². The van der Waals surface area contributed by atoms with Crippen molar-refractivity contribution in [1.82, 2.24) is 9.78 Å². The molecule has 3 nitrogen and oxygen atoms in total. The van der Waals surface area contributed by atoms with Crippen LogP contribution in [0, 0.1) is 29.1 Å². The maximum Gasteiger partial charge on any atom is 0.272 e. The lowest BCUT2D eigenvalue weighted by atomic mass is 10.2. The molecule has 2 aromatic carbocycles. The van der Waals surface area contributed by atoms with Crippen molar-refractivity contribution in [3.63, 3.8) is 0 Å². The number of aromatic amines is 1. The Kier molecular flexibility index (Phi) is 3.51. The predicted octanol–water partition coefficient (Wildman–Crippen LogP) is 3.53. The lowest BCUT2D eigenvalue weighted by molar-refractivity contribution is 0.373. The number of H-pyrrole nitrogens is 1. The number of benzene rings is 2. The molecule has 3 aromatic rings. The minimum absolute atomic E-state index is 0.166. The van der Waals surface area contributed by atoms with Gasteiger partial charge in [-0.25, -0.2) is 26.6 Å². The summed E-state index contributed by atoms with van der Waals surface area (Å²) in [6.07, 6.45) is 0. The molecule has 118 valence electrons. The van der Waals surface area contributed by atoms with E-state index in [0.717, 1.165) is 6.07 Å². The van der Waals surface area contributed by atoms with E-state index in [1.807, 2.05) is 0 Å². The molecule has 0 saturated carbocycles. The van der Waals surface area contributed by atoms with Crippen molar-refractivity contribution >= 4 is 0 Å². The first-order chi connectivity index (χ1) is 10.9. The molecule has 0 radical (unpaired) electrons. The number of hydrogen-bond acceptors (Lipinski definition) is 1. The molecular weight excluding hydrogens is 319 g/mol. The van der Waals surface area contributed by atoms with Crippen molar-refractivity contribution in [2.24, 2.45) is 0 Å².